The minimum absolute atomic E-state index is 0.0405. The first-order valence-corrected chi connectivity index (χ1v) is 9.37. The van der Waals surface area contributed by atoms with Crippen LogP contribution in [0, 0.1) is 0 Å². The van der Waals surface area contributed by atoms with Crippen LogP contribution in [0.15, 0.2) is 42.5 Å². The third-order valence-corrected chi connectivity index (χ3v) is 6.08. The Balaban J connectivity index is 1.88. The molecule has 1 atom stereocenters. The smallest absolute Gasteiger partial charge is 0.255 e. The van der Waals surface area contributed by atoms with Gasteiger partial charge in [-0.1, -0.05) is 54.4 Å². The number of rotatable bonds is 3. The summed E-state index contributed by atoms with van der Waals surface area (Å²) >= 11 is 14.2. The van der Waals surface area contributed by atoms with Crippen LogP contribution in [0.5, 0.6) is 0 Å². The Morgan fingerprint density at radius 3 is 2.65 bits per heavy atom. The SMILES string of the molecule is CCc1ccc(C(=O)N2CCS[C@H]2c2cccc(Cl)c2Cl)cc1. The lowest BCUT2D eigenvalue weighted by Gasteiger charge is -2.25. The number of nitrogens with zero attached hydrogens (tertiary/aromatic N) is 1. The Kier molecular flexibility index (Phi) is 5.20. The summed E-state index contributed by atoms with van der Waals surface area (Å²) in [5.41, 5.74) is 2.85. The van der Waals surface area contributed by atoms with Crippen molar-refractivity contribution in [1.82, 2.24) is 4.90 Å². The van der Waals surface area contributed by atoms with Gasteiger partial charge in [0.05, 0.1) is 10.0 Å². The van der Waals surface area contributed by atoms with Crippen molar-refractivity contribution in [3.63, 3.8) is 0 Å². The van der Waals surface area contributed by atoms with Crippen LogP contribution in [0.1, 0.15) is 33.8 Å². The molecule has 1 aliphatic rings. The molecule has 0 saturated carbocycles. The quantitative estimate of drug-likeness (QED) is 0.721. The Morgan fingerprint density at radius 1 is 1.22 bits per heavy atom. The van der Waals surface area contributed by atoms with E-state index in [-0.39, 0.29) is 11.3 Å². The standard InChI is InChI=1S/C18H17Cl2NOS/c1-2-12-6-8-13(9-7-12)17(22)21-10-11-23-18(21)14-4-3-5-15(19)16(14)20/h3-9,18H,2,10-11H2,1H3/t18-/m0/s1. The Bertz CT molecular complexity index is 717. The molecule has 120 valence electrons. The van der Waals surface area contributed by atoms with E-state index in [1.54, 1.807) is 17.8 Å². The van der Waals surface area contributed by atoms with Gasteiger partial charge in [0.25, 0.3) is 5.91 Å². The summed E-state index contributed by atoms with van der Waals surface area (Å²) < 4.78 is 0. The largest absolute Gasteiger partial charge is 0.322 e. The van der Waals surface area contributed by atoms with Crippen LogP contribution in [0.4, 0.5) is 0 Å². The zero-order valence-electron chi connectivity index (χ0n) is 12.8. The Morgan fingerprint density at radius 2 is 1.96 bits per heavy atom. The van der Waals surface area contributed by atoms with Gasteiger partial charge < -0.3 is 4.90 Å². The maximum absolute atomic E-state index is 12.9. The van der Waals surface area contributed by atoms with Gasteiger partial charge in [0.15, 0.2) is 0 Å². The summed E-state index contributed by atoms with van der Waals surface area (Å²) in [6, 6.07) is 13.4. The molecule has 5 heteroatoms. The van der Waals surface area contributed by atoms with Crippen LogP contribution < -0.4 is 0 Å². The summed E-state index contributed by atoms with van der Waals surface area (Å²) in [4.78, 5) is 14.7. The molecule has 3 rings (SSSR count). The first-order valence-electron chi connectivity index (χ1n) is 7.57. The first-order chi connectivity index (χ1) is 11.1. The molecule has 0 bridgehead atoms. The lowest BCUT2D eigenvalue weighted by molar-refractivity contribution is 0.0760. The van der Waals surface area contributed by atoms with Crippen molar-refractivity contribution in [2.75, 3.05) is 12.3 Å². The number of carbonyl (C=O) groups is 1. The molecule has 0 aromatic heterocycles. The Hall–Kier alpha value is -1.16. The molecule has 2 nitrogen and oxygen atoms in total. The van der Waals surface area contributed by atoms with Gasteiger partial charge >= 0.3 is 0 Å². The predicted octanol–water partition coefficient (Wildman–Crippen LogP) is 5.44. The fourth-order valence-electron chi connectivity index (χ4n) is 2.70. The summed E-state index contributed by atoms with van der Waals surface area (Å²) in [6.07, 6.45) is 0.967. The predicted molar refractivity (Wildman–Crippen MR) is 98.5 cm³/mol. The molecule has 1 aliphatic heterocycles. The van der Waals surface area contributed by atoms with E-state index in [4.69, 9.17) is 23.2 Å². The van der Waals surface area contributed by atoms with Crippen molar-refractivity contribution in [2.24, 2.45) is 0 Å². The van der Waals surface area contributed by atoms with Crippen molar-refractivity contribution in [2.45, 2.75) is 18.7 Å². The molecule has 2 aromatic carbocycles. The van der Waals surface area contributed by atoms with Gasteiger partial charge in [-0.25, -0.2) is 0 Å². The van der Waals surface area contributed by atoms with Crippen molar-refractivity contribution in [1.29, 1.82) is 0 Å². The lowest BCUT2D eigenvalue weighted by Crippen LogP contribution is -2.30. The molecule has 2 aromatic rings. The third kappa shape index (κ3) is 3.37. The van der Waals surface area contributed by atoms with Gasteiger partial charge in [-0.15, -0.1) is 11.8 Å². The molecule has 0 aliphatic carbocycles. The average molecular weight is 366 g/mol. The van der Waals surface area contributed by atoms with E-state index in [2.05, 4.69) is 6.92 Å². The number of thioether (sulfide) groups is 1. The average Bonchev–Trinajstić information content (AvgIpc) is 3.06. The van der Waals surface area contributed by atoms with Crippen LogP contribution in [-0.4, -0.2) is 23.1 Å². The fraction of sp³-hybridized carbons (Fsp3) is 0.278. The topological polar surface area (TPSA) is 20.3 Å². The summed E-state index contributed by atoms with van der Waals surface area (Å²) in [5, 5.41) is 0.976. The highest BCUT2D eigenvalue weighted by Crippen LogP contribution is 2.43. The number of hydrogen-bond donors (Lipinski definition) is 0. The number of halogens is 2. The van der Waals surface area contributed by atoms with E-state index in [1.165, 1.54) is 5.56 Å². The third-order valence-electron chi connectivity index (χ3n) is 4.01. The van der Waals surface area contributed by atoms with Gasteiger partial charge in [0.1, 0.15) is 5.37 Å². The number of carbonyl (C=O) groups excluding carboxylic acids is 1. The van der Waals surface area contributed by atoms with E-state index in [9.17, 15) is 4.79 Å². The molecule has 1 saturated heterocycles. The second-order valence-electron chi connectivity index (χ2n) is 5.42. The molecule has 0 unspecified atom stereocenters. The summed E-state index contributed by atoms with van der Waals surface area (Å²) in [6.45, 7) is 2.82. The van der Waals surface area contributed by atoms with Crippen molar-refractivity contribution in [3.8, 4) is 0 Å². The van der Waals surface area contributed by atoms with Gasteiger partial charge in [0, 0.05) is 23.4 Å². The highest BCUT2D eigenvalue weighted by atomic mass is 35.5. The minimum Gasteiger partial charge on any atom is -0.322 e. The highest BCUT2D eigenvalue weighted by Gasteiger charge is 2.32. The lowest BCUT2D eigenvalue weighted by atomic mass is 10.1. The number of hydrogen-bond acceptors (Lipinski definition) is 2. The highest BCUT2D eigenvalue weighted by molar-refractivity contribution is 7.99. The van der Waals surface area contributed by atoms with Gasteiger partial charge in [0.2, 0.25) is 0 Å². The molecular weight excluding hydrogens is 349 g/mol. The van der Waals surface area contributed by atoms with E-state index in [0.29, 0.717) is 22.2 Å². The summed E-state index contributed by atoms with van der Waals surface area (Å²) in [7, 11) is 0. The van der Waals surface area contributed by atoms with E-state index in [1.807, 2.05) is 41.3 Å². The van der Waals surface area contributed by atoms with Crippen LogP contribution >= 0.6 is 35.0 Å². The maximum Gasteiger partial charge on any atom is 0.255 e. The van der Waals surface area contributed by atoms with Crippen LogP contribution in [0.3, 0.4) is 0 Å². The minimum atomic E-state index is -0.0837. The zero-order valence-corrected chi connectivity index (χ0v) is 15.1. The van der Waals surface area contributed by atoms with Gasteiger partial charge in [-0.2, -0.15) is 0 Å². The zero-order chi connectivity index (χ0) is 16.4. The monoisotopic (exact) mass is 365 g/mol. The molecule has 1 amide bonds. The summed E-state index contributed by atoms with van der Waals surface area (Å²) in [5.74, 6) is 0.936. The van der Waals surface area contributed by atoms with Gasteiger partial charge in [-0.3, -0.25) is 4.79 Å². The van der Waals surface area contributed by atoms with Crippen molar-refractivity contribution >= 4 is 40.9 Å². The number of amides is 1. The molecule has 23 heavy (non-hydrogen) atoms. The maximum atomic E-state index is 12.9. The molecule has 0 N–H and O–H groups in total. The van der Waals surface area contributed by atoms with E-state index in [0.717, 1.165) is 17.7 Å². The van der Waals surface area contributed by atoms with Crippen LogP contribution in [-0.2, 0) is 6.42 Å². The molecule has 0 spiro atoms. The molecule has 1 fully saturated rings. The van der Waals surface area contributed by atoms with Gasteiger partial charge in [-0.05, 0) is 30.2 Å². The Labute approximate surface area is 150 Å². The normalized spacial score (nSPS) is 17.5. The second-order valence-corrected chi connectivity index (χ2v) is 7.39. The first kappa shape index (κ1) is 16.7. The second kappa shape index (κ2) is 7.16. The molecule has 0 radical (unpaired) electrons. The van der Waals surface area contributed by atoms with Crippen molar-refractivity contribution in [3.05, 3.63) is 69.2 Å². The van der Waals surface area contributed by atoms with E-state index >= 15 is 0 Å². The number of aryl methyl sites for hydroxylation is 1. The fourth-order valence-corrected chi connectivity index (χ4v) is 4.45. The van der Waals surface area contributed by atoms with Crippen LogP contribution in [0.25, 0.3) is 0 Å². The van der Waals surface area contributed by atoms with E-state index < -0.39 is 0 Å². The number of benzene rings is 2. The van der Waals surface area contributed by atoms with Crippen molar-refractivity contribution < 1.29 is 4.79 Å². The van der Waals surface area contributed by atoms with Crippen LogP contribution in [0.2, 0.25) is 10.0 Å². The molecular formula is C18H17Cl2NOS. The molecule has 1 heterocycles.